The first-order valence-corrected chi connectivity index (χ1v) is 8.16. The molecule has 1 aromatic carbocycles. The van der Waals surface area contributed by atoms with E-state index in [-0.39, 0.29) is 23.8 Å². The number of furan rings is 1. The van der Waals surface area contributed by atoms with Gasteiger partial charge < -0.3 is 14.2 Å². The molecule has 1 aliphatic rings. The number of piperidine rings is 1. The maximum atomic E-state index is 13.0. The zero-order chi connectivity index (χ0) is 17.1. The third kappa shape index (κ3) is 3.20. The van der Waals surface area contributed by atoms with E-state index in [0.29, 0.717) is 19.4 Å². The largest absolute Gasteiger partial charge is 0.467 e. The summed E-state index contributed by atoms with van der Waals surface area (Å²) >= 11 is 0. The van der Waals surface area contributed by atoms with Crippen molar-refractivity contribution in [3.05, 3.63) is 60.1 Å². The van der Waals surface area contributed by atoms with Gasteiger partial charge in [0.1, 0.15) is 5.76 Å². The highest BCUT2D eigenvalue weighted by molar-refractivity contribution is 5.84. The summed E-state index contributed by atoms with van der Waals surface area (Å²) in [6.45, 7) is 0.432. The van der Waals surface area contributed by atoms with Gasteiger partial charge in [-0.15, -0.1) is 0 Å². The van der Waals surface area contributed by atoms with Gasteiger partial charge in [-0.05, 0) is 24.1 Å². The van der Waals surface area contributed by atoms with Crippen molar-refractivity contribution in [2.24, 2.45) is 5.92 Å². The van der Waals surface area contributed by atoms with Gasteiger partial charge in [0.2, 0.25) is 11.8 Å². The number of hydrogen-bond donors (Lipinski definition) is 0. The summed E-state index contributed by atoms with van der Waals surface area (Å²) in [4.78, 5) is 28.6. The van der Waals surface area contributed by atoms with Crippen molar-refractivity contribution >= 4 is 11.8 Å². The minimum atomic E-state index is -0.241. The second-order valence-corrected chi connectivity index (χ2v) is 6.28. The summed E-state index contributed by atoms with van der Waals surface area (Å²) in [6, 6.07) is 13.2. The Morgan fingerprint density at radius 1 is 1.25 bits per heavy atom. The van der Waals surface area contributed by atoms with Crippen LogP contribution in [0.1, 0.15) is 30.2 Å². The SMILES string of the molecule is CN(Cc1ccco1)C(=O)C1CCC(=O)N(C)C1c1ccccc1. The Bertz CT molecular complexity index is 697. The van der Waals surface area contributed by atoms with E-state index in [1.807, 2.05) is 42.5 Å². The monoisotopic (exact) mass is 326 g/mol. The van der Waals surface area contributed by atoms with Gasteiger partial charge in [0, 0.05) is 20.5 Å². The van der Waals surface area contributed by atoms with E-state index < -0.39 is 0 Å². The molecule has 0 N–H and O–H groups in total. The van der Waals surface area contributed by atoms with E-state index in [9.17, 15) is 9.59 Å². The smallest absolute Gasteiger partial charge is 0.228 e. The Hall–Kier alpha value is -2.56. The van der Waals surface area contributed by atoms with E-state index in [1.165, 1.54) is 0 Å². The highest BCUT2D eigenvalue weighted by Crippen LogP contribution is 2.36. The van der Waals surface area contributed by atoms with Gasteiger partial charge in [-0.1, -0.05) is 30.3 Å². The Morgan fingerprint density at radius 3 is 2.67 bits per heavy atom. The number of rotatable bonds is 4. The number of nitrogens with zero attached hydrogens (tertiary/aromatic N) is 2. The normalized spacial score (nSPS) is 20.9. The Balaban J connectivity index is 1.83. The van der Waals surface area contributed by atoms with Crippen LogP contribution in [-0.4, -0.2) is 35.7 Å². The average molecular weight is 326 g/mol. The fourth-order valence-electron chi connectivity index (χ4n) is 3.40. The molecule has 2 amide bonds. The van der Waals surface area contributed by atoms with Crippen molar-refractivity contribution in [2.45, 2.75) is 25.4 Å². The summed E-state index contributed by atoms with van der Waals surface area (Å²) in [5.41, 5.74) is 0.998. The second-order valence-electron chi connectivity index (χ2n) is 6.28. The molecule has 3 rings (SSSR count). The van der Waals surface area contributed by atoms with E-state index in [1.54, 1.807) is 30.2 Å². The molecular weight excluding hydrogens is 304 g/mol. The lowest BCUT2D eigenvalue weighted by atomic mass is 9.83. The molecular formula is C19H22N2O3. The molecule has 1 saturated heterocycles. The van der Waals surface area contributed by atoms with Crippen LogP contribution in [0.15, 0.2) is 53.1 Å². The van der Waals surface area contributed by atoms with Gasteiger partial charge in [-0.2, -0.15) is 0 Å². The van der Waals surface area contributed by atoms with Crippen LogP contribution in [0.25, 0.3) is 0 Å². The number of carbonyl (C=O) groups excluding carboxylic acids is 2. The lowest BCUT2D eigenvalue weighted by Gasteiger charge is -2.39. The first kappa shape index (κ1) is 16.3. The third-order valence-electron chi connectivity index (χ3n) is 4.67. The van der Waals surface area contributed by atoms with Crippen LogP contribution in [0, 0.1) is 5.92 Å². The van der Waals surface area contributed by atoms with Gasteiger partial charge in [-0.3, -0.25) is 9.59 Å². The second kappa shape index (κ2) is 6.91. The van der Waals surface area contributed by atoms with Crippen molar-refractivity contribution in [1.82, 2.24) is 9.80 Å². The predicted octanol–water partition coefficient (Wildman–Crippen LogP) is 2.85. The average Bonchev–Trinajstić information content (AvgIpc) is 3.10. The molecule has 2 atom stereocenters. The predicted molar refractivity (Wildman–Crippen MR) is 89.9 cm³/mol. The number of likely N-dealkylation sites (tertiary alicyclic amines) is 1. The van der Waals surface area contributed by atoms with Gasteiger partial charge >= 0.3 is 0 Å². The van der Waals surface area contributed by atoms with Crippen LogP contribution in [0.3, 0.4) is 0 Å². The van der Waals surface area contributed by atoms with E-state index in [0.717, 1.165) is 11.3 Å². The zero-order valence-electron chi connectivity index (χ0n) is 14.0. The Kier molecular flexibility index (Phi) is 4.69. The minimum Gasteiger partial charge on any atom is -0.467 e. The molecule has 2 unspecified atom stereocenters. The summed E-state index contributed by atoms with van der Waals surface area (Å²) in [5, 5.41) is 0. The number of hydrogen-bond acceptors (Lipinski definition) is 3. The van der Waals surface area contributed by atoms with E-state index in [2.05, 4.69) is 0 Å². The number of amides is 2. The van der Waals surface area contributed by atoms with Crippen LogP contribution in [0.2, 0.25) is 0 Å². The molecule has 126 valence electrons. The number of carbonyl (C=O) groups is 2. The molecule has 2 aromatic rings. The fourth-order valence-corrected chi connectivity index (χ4v) is 3.40. The van der Waals surface area contributed by atoms with Crippen molar-refractivity contribution in [2.75, 3.05) is 14.1 Å². The van der Waals surface area contributed by atoms with Gasteiger partial charge in [0.05, 0.1) is 24.8 Å². The van der Waals surface area contributed by atoms with Crippen LogP contribution >= 0.6 is 0 Å². The molecule has 0 saturated carbocycles. The number of benzene rings is 1. The standard InChI is InChI=1S/C19H22N2O3/c1-20(13-15-9-6-12-24-15)19(23)16-10-11-17(22)21(2)18(16)14-7-4-3-5-8-14/h3-9,12,16,18H,10-11,13H2,1-2H3. The van der Waals surface area contributed by atoms with Crippen LogP contribution in [0.5, 0.6) is 0 Å². The first-order chi connectivity index (χ1) is 11.6. The van der Waals surface area contributed by atoms with Gasteiger partial charge in [0.15, 0.2) is 0 Å². The van der Waals surface area contributed by atoms with Crippen LogP contribution in [-0.2, 0) is 16.1 Å². The lowest BCUT2D eigenvalue weighted by molar-refractivity contribution is -0.146. The quantitative estimate of drug-likeness (QED) is 0.868. The van der Waals surface area contributed by atoms with E-state index >= 15 is 0 Å². The Morgan fingerprint density at radius 2 is 2.00 bits per heavy atom. The molecule has 1 aliphatic heterocycles. The van der Waals surface area contributed by atoms with Gasteiger partial charge in [0.25, 0.3) is 0 Å². The maximum Gasteiger partial charge on any atom is 0.228 e. The third-order valence-corrected chi connectivity index (χ3v) is 4.67. The van der Waals surface area contributed by atoms with Crippen molar-refractivity contribution in [3.63, 3.8) is 0 Å². The Labute approximate surface area is 141 Å². The van der Waals surface area contributed by atoms with Gasteiger partial charge in [-0.25, -0.2) is 0 Å². The summed E-state index contributed by atoms with van der Waals surface area (Å²) in [5.74, 6) is 0.638. The summed E-state index contributed by atoms with van der Waals surface area (Å²) in [7, 11) is 3.56. The van der Waals surface area contributed by atoms with Crippen LogP contribution < -0.4 is 0 Å². The molecule has 0 aliphatic carbocycles. The molecule has 0 radical (unpaired) electrons. The lowest BCUT2D eigenvalue weighted by Crippen LogP contribution is -2.46. The minimum absolute atomic E-state index is 0.0413. The molecule has 2 heterocycles. The van der Waals surface area contributed by atoms with Crippen LogP contribution in [0.4, 0.5) is 0 Å². The molecule has 5 nitrogen and oxygen atoms in total. The molecule has 5 heteroatoms. The topological polar surface area (TPSA) is 53.8 Å². The zero-order valence-corrected chi connectivity index (χ0v) is 14.0. The van der Waals surface area contributed by atoms with E-state index in [4.69, 9.17) is 4.42 Å². The highest BCUT2D eigenvalue weighted by atomic mass is 16.3. The molecule has 0 bridgehead atoms. The molecule has 1 aromatic heterocycles. The summed E-state index contributed by atoms with van der Waals surface area (Å²) < 4.78 is 5.33. The highest BCUT2D eigenvalue weighted by Gasteiger charge is 2.39. The molecule has 0 spiro atoms. The maximum absolute atomic E-state index is 13.0. The van der Waals surface area contributed by atoms with Crippen molar-refractivity contribution < 1.29 is 14.0 Å². The molecule has 24 heavy (non-hydrogen) atoms. The van der Waals surface area contributed by atoms with Crippen molar-refractivity contribution in [3.8, 4) is 0 Å². The fraction of sp³-hybridized carbons (Fsp3) is 0.368. The van der Waals surface area contributed by atoms with Crippen molar-refractivity contribution in [1.29, 1.82) is 0 Å². The summed E-state index contributed by atoms with van der Waals surface area (Å²) in [6.07, 6.45) is 2.59. The first-order valence-electron chi connectivity index (χ1n) is 8.16. The molecule has 1 fully saturated rings.